The number of aromatic nitrogens is 3. The molecule has 0 spiro atoms. The third-order valence-corrected chi connectivity index (χ3v) is 7.14. The standard InChI is InChI=1S/C24H23ClN4O2S2/c1-15-11-16(2)22(21(25)12-15)29(17(3)30)24-27-18(14-33-24)13-32-23-26-9-10-28(23)19-5-7-20(31-4)8-6-19/h5-12,14H,13H2,1-4H3. The number of rotatable bonds is 7. The van der Waals surface area contributed by atoms with Crippen LogP contribution in [0.2, 0.25) is 5.02 Å². The zero-order chi connectivity index (χ0) is 23.5. The second kappa shape index (κ2) is 9.99. The number of aryl methyl sites for hydroxylation is 2. The van der Waals surface area contributed by atoms with E-state index in [1.54, 1.807) is 30.0 Å². The van der Waals surface area contributed by atoms with Crippen LogP contribution in [-0.2, 0) is 10.5 Å². The van der Waals surface area contributed by atoms with E-state index >= 15 is 0 Å². The summed E-state index contributed by atoms with van der Waals surface area (Å²) in [5.74, 6) is 1.30. The van der Waals surface area contributed by atoms with E-state index in [2.05, 4.69) is 4.98 Å². The van der Waals surface area contributed by atoms with Gasteiger partial charge in [0.2, 0.25) is 5.91 Å². The lowest BCUT2D eigenvalue weighted by atomic mass is 10.1. The molecule has 0 N–H and O–H groups in total. The molecule has 0 atom stereocenters. The molecule has 0 saturated carbocycles. The van der Waals surface area contributed by atoms with Crippen molar-refractivity contribution in [3.05, 3.63) is 76.0 Å². The molecule has 2 heterocycles. The summed E-state index contributed by atoms with van der Waals surface area (Å²) in [7, 11) is 1.65. The van der Waals surface area contributed by atoms with Crippen LogP contribution in [0.4, 0.5) is 10.8 Å². The Morgan fingerprint density at radius 2 is 2.00 bits per heavy atom. The number of ether oxygens (including phenoxy) is 1. The van der Waals surface area contributed by atoms with E-state index in [0.29, 0.717) is 21.6 Å². The molecule has 0 saturated heterocycles. The number of imidazole rings is 1. The van der Waals surface area contributed by atoms with Crippen LogP contribution in [0.25, 0.3) is 5.69 Å². The summed E-state index contributed by atoms with van der Waals surface area (Å²) in [6.07, 6.45) is 3.70. The fourth-order valence-corrected chi connectivity index (χ4v) is 5.77. The van der Waals surface area contributed by atoms with Crippen LogP contribution in [0.15, 0.2) is 59.3 Å². The van der Waals surface area contributed by atoms with Gasteiger partial charge in [-0.05, 0) is 55.3 Å². The number of thioether (sulfide) groups is 1. The number of thiazole rings is 1. The summed E-state index contributed by atoms with van der Waals surface area (Å²) in [4.78, 5) is 23.3. The summed E-state index contributed by atoms with van der Waals surface area (Å²) in [6, 6.07) is 11.7. The molecule has 1 amide bonds. The predicted molar refractivity (Wildman–Crippen MR) is 136 cm³/mol. The zero-order valence-corrected chi connectivity index (χ0v) is 21.1. The second-order valence-corrected chi connectivity index (χ2v) is 9.64. The first kappa shape index (κ1) is 23.4. The molecule has 0 radical (unpaired) electrons. The predicted octanol–water partition coefficient (Wildman–Crippen LogP) is 6.58. The van der Waals surface area contributed by atoms with Gasteiger partial charge in [-0.2, -0.15) is 0 Å². The van der Waals surface area contributed by atoms with Gasteiger partial charge in [0.1, 0.15) is 5.75 Å². The molecular weight excluding hydrogens is 476 g/mol. The normalized spacial score (nSPS) is 10.9. The van der Waals surface area contributed by atoms with Crippen molar-refractivity contribution in [3.63, 3.8) is 0 Å². The molecule has 4 aromatic rings. The molecule has 0 aliphatic heterocycles. The van der Waals surface area contributed by atoms with Gasteiger partial charge in [0.25, 0.3) is 0 Å². The number of benzene rings is 2. The highest BCUT2D eigenvalue weighted by molar-refractivity contribution is 7.98. The summed E-state index contributed by atoms with van der Waals surface area (Å²) >= 11 is 9.52. The molecule has 2 aromatic heterocycles. The SMILES string of the molecule is COc1ccc(-n2ccnc2SCc2csc(N(C(C)=O)c3c(C)cc(C)cc3Cl)n2)cc1. The molecule has 0 unspecified atom stereocenters. The molecule has 6 nitrogen and oxygen atoms in total. The van der Waals surface area contributed by atoms with Crippen molar-refractivity contribution in [1.29, 1.82) is 0 Å². The van der Waals surface area contributed by atoms with Gasteiger partial charge in [-0.3, -0.25) is 14.3 Å². The van der Waals surface area contributed by atoms with Crippen LogP contribution in [0.1, 0.15) is 23.7 Å². The molecule has 4 rings (SSSR count). The monoisotopic (exact) mass is 498 g/mol. The van der Waals surface area contributed by atoms with Crippen LogP contribution in [-0.4, -0.2) is 27.6 Å². The summed E-state index contributed by atoms with van der Waals surface area (Å²) in [6.45, 7) is 5.46. The number of halogens is 1. The van der Waals surface area contributed by atoms with Gasteiger partial charge in [-0.25, -0.2) is 9.97 Å². The Labute approximate surface area is 206 Å². The first-order chi connectivity index (χ1) is 15.9. The number of hydrogen-bond donors (Lipinski definition) is 0. The lowest BCUT2D eigenvalue weighted by molar-refractivity contribution is -0.115. The van der Waals surface area contributed by atoms with Gasteiger partial charge in [0.05, 0.1) is 23.5 Å². The maximum atomic E-state index is 12.5. The van der Waals surface area contributed by atoms with Crippen LogP contribution in [0.3, 0.4) is 0 Å². The van der Waals surface area contributed by atoms with Gasteiger partial charge in [-0.1, -0.05) is 29.4 Å². The van der Waals surface area contributed by atoms with Crippen molar-refractivity contribution in [2.24, 2.45) is 0 Å². The Bertz CT molecular complexity index is 1260. The average Bonchev–Trinajstić information content (AvgIpc) is 3.44. The number of amides is 1. The topological polar surface area (TPSA) is 60.2 Å². The Hall–Kier alpha value is -2.81. The van der Waals surface area contributed by atoms with Gasteiger partial charge >= 0.3 is 0 Å². The third kappa shape index (κ3) is 5.08. The van der Waals surface area contributed by atoms with Gasteiger partial charge < -0.3 is 4.74 Å². The lowest BCUT2D eigenvalue weighted by Gasteiger charge is -2.22. The molecule has 170 valence electrons. The largest absolute Gasteiger partial charge is 0.497 e. The zero-order valence-electron chi connectivity index (χ0n) is 18.7. The molecular formula is C24H23ClN4O2S2. The first-order valence-corrected chi connectivity index (χ1v) is 12.4. The average molecular weight is 499 g/mol. The van der Waals surface area contributed by atoms with Crippen molar-refractivity contribution in [3.8, 4) is 11.4 Å². The van der Waals surface area contributed by atoms with E-state index in [9.17, 15) is 4.79 Å². The number of methoxy groups -OCH3 is 1. The minimum atomic E-state index is -0.132. The Kier molecular flexibility index (Phi) is 7.07. The number of anilines is 2. The van der Waals surface area contributed by atoms with Crippen molar-refractivity contribution in [2.45, 2.75) is 31.7 Å². The highest BCUT2D eigenvalue weighted by atomic mass is 35.5. The second-order valence-electron chi connectivity index (χ2n) is 7.45. The number of carbonyl (C=O) groups is 1. The minimum Gasteiger partial charge on any atom is -0.497 e. The van der Waals surface area contributed by atoms with Gasteiger partial charge in [0.15, 0.2) is 10.3 Å². The van der Waals surface area contributed by atoms with E-state index in [0.717, 1.165) is 33.4 Å². The highest BCUT2D eigenvalue weighted by Crippen LogP contribution is 2.38. The van der Waals surface area contributed by atoms with E-state index in [1.165, 1.54) is 18.3 Å². The van der Waals surface area contributed by atoms with Crippen molar-refractivity contribution >= 4 is 51.4 Å². The fourth-order valence-electron chi connectivity index (χ4n) is 3.52. The molecule has 2 aromatic carbocycles. The van der Waals surface area contributed by atoms with E-state index in [1.807, 2.05) is 66.4 Å². The summed E-state index contributed by atoms with van der Waals surface area (Å²) in [5, 5.41) is 3.97. The Morgan fingerprint density at radius 3 is 2.67 bits per heavy atom. The Morgan fingerprint density at radius 1 is 1.24 bits per heavy atom. The maximum Gasteiger partial charge on any atom is 0.230 e. The Balaban J connectivity index is 1.54. The molecule has 0 aliphatic carbocycles. The number of carbonyl (C=O) groups excluding carboxylic acids is 1. The van der Waals surface area contributed by atoms with Crippen molar-refractivity contribution < 1.29 is 9.53 Å². The highest BCUT2D eigenvalue weighted by Gasteiger charge is 2.23. The first-order valence-electron chi connectivity index (χ1n) is 10.2. The van der Waals surface area contributed by atoms with E-state index in [-0.39, 0.29) is 5.91 Å². The number of hydrogen-bond acceptors (Lipinski definition) is 6. The summed E-state index contributed by atoms with van der Waals surface area (Å²) in [5.41, 5.74) is 4.54. The van der Waals surface area contributed by atoms with Gasteiger partial charge in [-0.15, -0.1) is 11.3 Å². The molecule has 0 bridgehead atoms. The minimum absolute atomic E-state index is 0.132. The van der Waals surface area contributed by atoms with E-state index in [4.69, 9.17) is 21.3 Å². The van der Waals surface area contributed by atoms with Crippen LogP contribution >= 0.6 is 34.7 Å². The van der Waals surface area contributed by atoms with E-state index < -0.39 is 0 Å². The quantitative estimate of drug-likeness (QED) is 0.269. The number of nitrogens with zero attached hydrogens (tertiary/aromatic N) is 4. The van der Waals surface area contributed by atoms with Crippen LogP contribution in [0, 0.1) is 13.8 Å². The summed E-state index contributed by atoms with van der Waals surface area (Å²) < 4.78 is 7.26. The molecule has 0 aliphatic rings. The maximum absolute atomic E-state index is 12.5. The van der Waals surface area contributed by atoms with Crippen LogP contribution in [0.5, 0.6) is 5.75 Å². The molecule has 33 heavy (non-hydrogen) atoms. The lowest BCUT2D eigenvalue weighted by Crippen LogP contribution is -2.24. The fraction of sp³-hybridized carbons (Fsp3) is 0.208. The van der Waals surface area contributed by atoms with Gasteiger partial charge in [0, 0.05) is 36.1 Å². The third-order valence-electron chi connectivity index (χ3n) is 4.97. The van der Waals surface area contributed by atoms with Crippen LogP contribution < -0.4 is 9.64 Å². The molecule has 0 fully saturated rings. The molecule has 9 heteroatoms. The van der Waals surface area contributed by atoms with Crippen molar-refractivity contribution in [1.82, 2.24) is 14.5 Å². The smallest absolute Gasteiger partial charge is 0.230 e. The van der Waals surface area contributed by atoms with Crippen molar-refractivity contribution in [2.75, 3.05) is 12.0 Å².